The fourth-order valence-corrected chi connectivity index (χ4v) is 1.62. The van der Waals surface area contributed by atoms with Gasteiger partial charge in [-0.2, -0.15) is 5.10 Å². The van der Waals surface area contributed by atoms with Crippen molar-refractivity contribution in [1.82, 2.24) is 9.78 Å². The quantitative estimate of drug-likeness (QED) is 0.682. The SMILES string of the molecule is Cc1c(CS(N)(=O)=O)cnn1C. The van der Waals surface area contributed by atoms with Crippen LogP contribution in [0.15, 0.2) is 6.20 Å². The standard InChI is InChI=1S/C6H11N3O2S/c1-5-6(3-8-9(5)2)4-12(7,10)11/h3H,4H2,1-2H3,(H2,7,10,11). The van der Waals surface area contributed by atoms with E-state index in [4.69, 9.17) is 5.14 Å². The Kier molecular flexibility index (Phi) is 2.20. The number of nitrogens with two attached hydrogens (primary N) is 1. The lowest BCUT2D eigenvalue weighted by Crippen LogP contribution is -2.14. The number of hydrogen-bond acceptors (Lipinski definition) is 3. The summed E-state index contributed by atoms with van der Waals surface area (Å²) in [7, 11) is -1.69. The fourth-order valence-electron chi connectivity index (χ4n) is 0.903. The Balaban J connectivity index is 2.99. The minimum absolute atomic E-state index is 0.146. The molecule has 0 bridgehead atoms. The number of rotatable bonds is 2. The van der Waals surface area contributed by atoms with Gasteiger partial charge in [0.1, 0.15) is 0 Å². The summed E-state index contributed by atoms with van der Waals surface area (Å²) >= 11 is 0. The van der Waals surface area contributed by atoms with E-state index in [1.807, 2.05) is 0 Å². The van der Waals surface area contributed by atoms with Crippen molar-refractivity contribution in [2.45, 2.75) is 12.7 Å². The summed E-state index contributed by atoms with van der Waals surface area (Å²) in [4.78, 5) is 0. The summed E-state index contributed by atoms with van der Waals surface area (Å²) in [6.45, 7) is 1.80. The molecule has 0 fully saturated rings. The first-order valence-electron chi connectivity index (χ1n) is 3.38. The Hall–Kier alpha value is -0.880. The first kappa shape index (κ1) is 9.21. The third-order valence-corrected chi connectivity index (χ3v) is 2.41. The topological polar surface area (TPSA) is 78.0 Å². The number of sulfonamides is 1. The van der Waals surface area contributed by atoms with Crippen molar-refractivity contribution in [3.63, 3.8) is 0 Å². The van der Waals surface area contributed by atoms with Crippen LogP contribution in [-0.4, -0.2) is 18.2 Å². The van der Waals surface area contributed by atoms with E-state index in [1.54, 1.807) is 18.7 Å². The average Bonchev–Trinajstić information content (AvgIpc) is 2.16. The second-order valence-corrected chi connectivity index (χ2v) is 4.30. The van der Waals surface area contributed by atoms with Gasteiger partial charge in [0.05, 0.1) is 11.9 Å². The molecule has 0 saturated heterocycles. The Bertz CT molecular complexity index is 379. The van der Waals surface area contributed by atoms with Crippen LogP contribution in [0.2, 0.25) is 0 Å². The largest absolute Gasteiger partial charge is 0.273 e. The van der Waals surface area contributed by atoms with Gasteiger partial charge >= 0.3 is 0 Å². The highest BCUT2D eigenvalue weighted by Gasteiger charge is 2.10. The van der Waals surface area contributed by atoms with Crippen LogP contribution in [0.3, 0.4) is 0 Å². The lowest BCUT2D eigenvalue weighted by molar-refractivity contribution is 0.597. The minimum atomic E-state index is -3.44. The molecule has 0 aliphatic carbocycles. The zero-order valence-corrected chi connectivity index (χ0v) is 7.80. The van der Waals surface area contributed by atoms with Crippen LogP contribution in [0.1, 0.15) is 11.3 Å². The maximum Gasteiger partial charge on any atom is 0.213 e. The monoisotopic (exact) mass is 189 g/mol. The molecule has 0 radical (unpaired) electrons. The zero-order chi connectivity index (χ0) is 9.35. The fraction of sp³-hybridized carbons (Fsp3) is 0.500. The van der Waals surface area contributed by atoms with Crippen molar-refractivity contribution >= 4 is 10.0 Å². The van der Waals surface area contributed by atoms with Crippen LogP contribution in [0.5, 0.6) is 0 Å². The Morgan fingerprint density at radius 3 is 2.58 bits per heavy atom. The van der Waals surface area contributed by atoms with Gasteiger partial charge in [-0.05, 0) is 6.92 Å². The van der Waals surface area contributed by atoms with Crippen LogP contribution in [-0.2, 0) is 22.8 Å². The molecule has 0 saturated carbocycles. The van der Waals surface area contributed by atoms with Gasteiger partial charge in [0.25, 0.3) is 0 Å². The highest BCUT2D eigenvalue weighted by atomic mass is 32.2. The lowest BCUT2D eigenvalue weighted by Gasteiger charge is -1.97. The van der Waals surface area contributed by atoms with Gasteiger partial charge in [-0.1, -0.05) is 0 Å². The maximum atomic E-state index is 10.7. The number of nitrogens with zero attached hydrogens (tertiary/aromatic N) is 2. The molecule has 12 heavy (non-hydrogen) atoms. The van der Waals surface area contributed by atoms with Crippen molar-refractivity contribution in [3.8, 4) is 0 Å². The van der Waals surface area contributed by atoms with E-state index in [0.29, 0.717) is 5.56 Å². The molecule has 1 aromatic heterocycles. The molecule has 6 heteroatoms. The second-order valence-electron chi connectivity index (χ2n) is 2.69. The summed E-state index contributed by atoms with van der Waals surface area (Å²) < 4.78 is 23.0. The van der Waals surface area contributed by atoms with Crippen molar-refractivity contribution in [1.29, 1.82) is 0 Å². The van der Waals surface area contributed by atoms with E-state index in [0.717, 1.165) is 5.69 Å². The van der Waals surface area contributed by atoms with Gasteiger partial charge in [0.15, 0.2) is 0 Å². The highest BCUT2D eigenvalue weighted by molar-refractivity contribution is 7.88. The van der Waals surface area contributed by atoms with Crippen LogP contribution in [0.4, 0.5) is 0 Å². The maximum absolute atomic E-state index is 10.7. The molecule has 2 N–H and O–H groups in total. The molecule has 5 nitrogen and oxygen atoms in total. The predicted octanol–water partition coefficient (Wildman–Crippen LogP) is -0.483. The molecule has 1 heterocycles. The highest BCUT2D eigenvalue weighted by Crippen LogP contribution is 2.07. The third-order valence-electron chi connectivity index (χ3n) is 1.69. The number of hydrogen-bond donors (Lipinski definition) is 1. The lowest BCUT2D eigenvalue weighted by atomic mass is 10.3. The van der Waals surface area contributed by atoms with E-state index in [9.17, 15) is 8.42 Å². The summed E-state index contributed by atoms with van der Waals surface area (Å²) in [6.07, 6.45) is 1.51. The summed E-state index contributed by atoms with van der Waals surface area (Å²) in [5.41, 5.74) is 1.48. The van der Waals surface area contributed by atoms with Gasteiger partial charge in [-0.15, -0.1) is 0 Å². The van der Waals surface area contributed by atoms with Crippen LogP contribution >= 0.6 is 0 Å². The van der Waals surface area contributed by atoms with Crippen molar-refractivity contribution < 1.29 is 8.42 Å². The van der Waals surface area contributed by atoms with E-state index in [-0.39, 0.29) is 5.75 Å². The van der Waals surface area contributed by atoms with Gasteiger partial charge in [0, 0.05) is 18.3 Å². The van der Waals surface area contributed by atoms with Crippen molar-refractivity contribution in [3.05, 3.63) is 17.5 Å². The van der Waals surface area contributed by atoms with Crippen molar-refractivity contribution in [2.24, 2.45) is 12.2 Å². The van der Waals surface area contributed by atoms with Gasteiger partial charge in [0.2, 0.25) is 10.0 Å². The first-order valence-corrected chi connectivity index (χ1v) is 5.09. The smallest absolute Gasteiger partial charge is 0.213 e. The molecule has 1 rings (SSSR count). The predicted molar refractivity (Wildman–Crippen MR) is 44.8 cm³/mol. The third kappa shape index (κ3) is 2.05. The molecule has 0 unspecified atom stereocenters. The number of primary sulfonamides is 1. The van der Waals surface area contributed by atoms with E-state index in [2.05, 4.69) is 5.10 Å². The summed E-state index contributed by atoms with van der Waals surface area (Å²) in [5.74, 6) is -0.146. The van der Waals surface area contributed by atoms with Gasteiger partial charge in [-0.25, -0.2) is 13.6 Å². The van der Waals surface area contributed by atoms with Crippen LogP contribution in [0.25, 0.3) is 0 Å². The Morgan fingerprint density at radius 2 is 2.25 bits per heavy atom. The van der Waals surface area contributed by atoms with E-state index < -0.39 is 10.0 Å². The van der Waals surface area contributed by atoms with Crippen LogP contribution in [0, 0.1) is 6.92 Å². The Labute approximate surface area is 71.2 Å². The first-order chi connectivity index (χ1) is 5.40. The van der Waals surface area contributed by atoms with Crippen molar-refractivity contribution in [2.75, 3.05) is 0 Å². The van der Waals surface area contributed by atoms with E-state index >= 15 is 0 Å². The number of aromatic nitrogens is 2. The molecule has 0 aliphatic rings. The van der Waals surface area contributed by atoms with Gasteiger partial charge in [-0.3, -0.25) is 4.68 Å². The summed E-state index contributed by atoms with van der Waals surface area (Å²) in [6, 6.07) is 0. The average molecular weight is 189 g/mol. The summed E-state index contributed by atoms with van der Waals surface area (Å²) in [5, 5.41) is 8.78. The Morgan fingerprint density at radius 1 is 1.67 bits per heavy atom. The molecule has 0 atom stereocenters. The number of aryl methyl sites for hydroxylation is 1. The molecular formula is C6H11N3O2S. The molecule has 68 valence electrons. The van der Waals surface area contributed by atoms with Crippen LogP contribution < -0.4 is 5.14 Å². The molecule has 0 amide bonds. The van der Waals surface area contributed by atoms with Gasteiger partial charge < -0.3 is 0 Å². The van der Waals surface area contributed by atoms with E-state index in [1.165, 1.54) is 6.20 Å². The molecule has 1 aromatic rings. The normalized spacial score (nSPS) is 11.9. The molecule has 0 aromatic carbocycles. The second kappa shape index (κ2) is 2.87. The molecule has 0 spiro atoms. The minimum Gasteiger partial charge on any atom is -0.273 e. The molecule has 0 aliphatic heterocycles. The molecular weight excluding hydrogens is 178 g/mol. The zero-order valence-electron chi connectivity index (χ0n) is 6.98.